The molecule has 130 valence electrons. The Labute approximate surface area is 140 Å². The number of hydrogen-bond acceptors (Lipinski definition) is 3. The first kappa shape index (κ1) is 15.2. The maximum atomic E-state index is 12.7. The minimum absolute atomic E-state index is 0.360. The van der Waals surface area contributed by atoms with Crippen LogP contribution in [0.4, 0.5) is 0 Å². The van der Waals surface area contributed by atoms with Gasteiger partial charge in [-0.2, -0.15) is 8.42 Å². The zero-order chi connectivity index (χ0) is 16.4. The molecule has 0 aromatic heterocycles. The fraction of sp³-hybridized carbons (Fsp3) is 1.00. The third-order valence-corrected chi connectivity index (χ3v) is 10.4. The van der Waals surface area contributed by atoms with Crippen LogP contribution >= 0.6 is 0 Å². The quantitative estimate of drug-likeness (QED) is 0.715. The molecule has 0 saturated heterocycles. The molecule has 0 aromatic rings. The van der Waals surface area contributed by atoms with E-state index in [4.69, 9.17) is 4.18 Å². The maximum Gasteiger partial charge on any atom is 0.272 e. The van der Waals surface area contributed by atoms with Gasteiger partial charge in [0.2, 0.25) is 0 Å². The Kier molecular flexibility index (Phi) is 2.64. The van der Waals surface area contributed by atoms with Gasteiger partial charge in [-0.3, -0.25) is 4.18 Å². The second-order valence-corrected chi connectivity index (χ2v) is 13.2. The molecule has 0 spiro atoms. The molecule has 7 fully saturated rings. The van der Waals surface area contributed by atoms with Gasteiger partial charge in [0.15, 0.2) is 0 Å². The lowest BCUT2D eigenvalue weighted by atomic mass is 9.32. The molecular formula is C19H30O3S. The van der Waals surface area contributed by atoms with Crippen LogP contribution in [0.5, 0.6) is 0 Å². The molecule has 0 heterocycles. The Bertz CT molecular complexity index is 594. The first-order chi connectivity index (χ1) is 10.5. The summed E-state index contributed by atoms with van der Waals surface area (Å²) in [4.78, 5) is 0. The molecule has 0 amide bonds. The Morgan fingerprint density at radius 1 is 0.783 bits per heavy atom. The lowest BCUT2D eigenvalue weighted by molar-refractivity contribution is -0.265. The SMILES string of the molecule is CC12CC3C4CC5(OS(=O)(=O)C(C)(C)C)CC3C(C1)C(C5)C4C2. The van der Waals surface area contributed by atoms with Crippen molar-refractivity contribution in [1.29, 1.82) is 0 Å². The molecule has 0 atom stereocenters. The molecule has 8 bridgehead atoms. The molecule has 0 radical (unpaired) electrons. The largest absolute Gasteiger partial charge is 0.272 e. The lowest BCUT2D eigenvalue weighted by Gasteiger charge is -2.74. The van der Waals surface area contributed by atoms with E-state index < -0.39 is 14.9 Å². The van der Waals surface area contributed by atoms with E-state index in [9.17, 15) is 8.42 Å². The van der Waals surface area contributed by atoms with Crippen LogP contribution in [0.2, 0.25) is 0 Å². The first-order valence-electron chi connectivity index (χ1n) is 9.48. The average Bonchev–Trinajstić information content (AvgIpc) is 2.40. The smallest absolute Gasteiger partial charge is 0.263 e. The van der Waals surface area contributed by atoms with Gasteiger partial charge in [0, 0.05) is 0 Å². The average molecular weight is 339 g/mol. The van der Waals surface area contributed by atoms with Gasteiger partial charge in [-0.15, -0.1) is 0 Å². The lowest BCUT2D eigenvalue weighted by Crippen LogP contribution is -2.69. The molecule has 23 heavy (non-hydrogen) atoms. The van der Waals surface area contributed by atoms with E-state index in [1.54, 1.807) is 20.8 Å². The van der Waals surface area contributed by atoms with Crippen molar-refractivity contribution in [2.45, 2.75) is 76.6 Å². The molecule has 7 saturated carbocycles. The van der Waals surface area contributed by atoms with Crippen LogP contribution in [0.15, 0.2) is 0 Å². The van der Waals surface area contributed by atoms with Crippen molar-refractivity contribution < 1.29 is 12.6 Å². The highest BCUT2D eigenvalue weighted by Crippen LogP contribution is 2.75. The van der Waals surface area contributed by atoms with Crippen molar-refractivity contribution in [2.24, 2.45) is 40.9 Å². The summed E-state index contributed by atoms with van der Waals surface area (Å²) in [5.41, 5.74) is 0.236. The Hall–Kier alpha value is -0.0900. The highest BCUT2D eigenvalue weighted by atomic mass is 32.2. The predicted octanol–water partition coefficient (Wildman–Crippen LogP) is 3.98. The predicted molar refractivity (Wildman–Crippen MR) is 89.2 cm³/mol. The van der Waals surface area contributed by atoms with E-state index in [2.05, 4.69) is 6.92 Å². The number of rotatable bonds is 2. The van der Waals surface area contributed by atoms with Gasteiger partial charge in [0.25, 0.3) is 10.1 Å². The van der Waals surface area contributed by atoms with Gasteiger partial charge in [0.1, 0.15) is 0 Å². The van der Waals surface area contributed by atoms with Crippen molar-refractivity contribution in [3.05, 3.63) is 0 Å². The monoisotopic (exact) mass is 338 g/mol. The van der Waals surface area contributed by atoms with E-state index in [0.717, 1.165) is 54.8 Å². The van der Waals surface area contributed by atoms with E-state index >= 15 is 0 Å². The van der Waals surface area contributed by atoms with Crippen molar-refractivity contribution >= 4 is 10.1 Å². The van der Waals surface area contributed by atoms with Crippen molar-refractivity contribution in [3.8, 4) is 0 Å². The van der Waals surface area contributed by atoms with Gasteiger partial charge >= 0.3 is 0 Å². The molecule has 0 N–H and O–H groups in total. The maximum absolute atomic E-state index is 12.7. The second-order valence-electron chi connectivity index (χ2n) is 10.9. The van der Waals surface area contributed by atoms with Gasteiger partial charge < -0.3 is 0 Å². The van der Waals surface area contributed by atoms with E-state index in [-0.39, 0.29) is 5.60 Å². The van der Waals surface area contributed by atoms with Crippen molar-refractivity contribution in [2.75, 3.05) is 0 Å². The summed E-state index contributed by atoms with van der Waals surface area (Å²) >= 11 is 0. The standard InChI is InChI=1S/C19H30O3S/c1-17(2,3)23(20,21)22-19-8-14-11-5-18(4)6-12(14)16(10-19)13(7-18)15(11)9-19/h11-16H,5-10H2,1-4H3. The molecule has 7 aliphatic rings. The second kappa shape index (κ2) is 4.00. The third kappa shape index (κ3) is 1.83. The minimum atomic E-state index is -3.50. The minimum Gasteiger partial charge on any atom is -0.263 e. The summed E-state index contributed by atoms with van der Waals surface area (Å²) in [6.45, 7) is 7.79. The summed E-state index contributed by atoms with van der Waals surface area (Å²) in [6, 6.07) is 0. The normalized spacial score (nSPS) is 56.5. The summed E-state index contributed by atoms with van der Waals surface area (Å²) in [7, 11) is -3.50. The summed E-state index contributed by atoms with van der Waals surface area (Å²) in [5.74, 6) is 4.82. The van der Waals surface area contributed by atoms with E-state index in [1.807, 2.05) is 0 Å². The summed E-state index contributed by atoms with van der Waals surface area (Å²) in [5, 5.41) is 0. The van der Waals surface area contributed by atoms with E-state index in [0.29, 0.717) is 5.41 Å². The van der Waals surface area contributed by atoms with E-state index in [1.165, 1.54) is 19.3 Å². The highest BCUT2D eigenvalue weighted by Gasteiger charge is 2.70. The molecule has 0 unspecified atom stereocenters. The van der Waals surface area contributed by atoms with Crippen LogP contribution in [-0.2, 0) is 14.3 Å². The van der Waals surface area contributed by atoms with Crippen LogP contribution in [0.25, 0.3) is 0 Å². The van der Waals surface area contributed by atoms with Gasteiger partial charge in [-0.05, 0) is 100 Å². The zero-order valence-electron chi connectivity index (χ0n) is 14.8. The third-order valence-electron chi connectivity index (χ3n) is 8.34. The van der Waals surface area contributed by atoms with Gasteiger partial charge in [0.05, 0.1) is 10.3 Å². The van der Waals surface area contributed by atoms with Gasteiger partial charge in [-0.25, -0.2) is 0 Å². The number of hydrogen-bond donors (Lipinski definition) is 0. The Balaban J connectivity index is 1.50. The molecule has 0 aliphatic heterocycles. The van der Waals surface area contributed by atoms with Crippen LogP contribution in [0.1, 0.15) is 66.2 Å². The Morgan fingerprint density at radius 3 is 1.48 bits per heavy atom. The summed E-state index contributed by atoms with van der Waals surface area (Å²) < 4.78 is 30.6. The zero-order valence-corrected chi connectivity index (χ0v) is 15.7. The molecule has 7 rings (SSSR count). The fourth-order valence-corrected chi connectivity index (χ4v) is 8.60. The molecule has 3 nitrogen and oxygen atoms in total. The topological polar surface area (TPSA) is 43.4 Å². The first-order valence-corrected chi connectivity index (χ1v) is 10.9. The molecular weight excluding hydrogens is 308 g/mol. The van der Waals surface area contributed by atoms with Crippen LogP contribution in [0.3, 0.4) is 0 Å². The molecule has 4 heteroatoms. The highest BCUT2D eigenvalue weighted by molar-refractivity contribution is 7.88. The van der Waals surface area contributed by atoms with Gasteiger partial charge in [-0.1, -0.05) is 6.92 Å². The van der Waals surface area contributed by atoms with Crippen LogP contribution in [0, 0.1) is 40.9 Å². The molecule has 0 aromatic carbocycles. The van der Waals surface area contributed by atoms with Crippen molar-refractivity contribution in [1.82, 2.24) is 0 Å². The van der Waals surface area contributed by atoms with Crippen LogP contribution < -0.4 is 0 Å². The Morgan fingerprint density at radius 2 is 1.13 bits per heavy atom. The molecule has 7 aliphatic carbocycles. The van der Waals surface area contributed by atoms with Crippen molar-refractivity contribution in [3.63, 3.8) is 0 Å². The van der Waals surface area contributed by atoms with Crippen LogP contribution in [-0.4, -0.2) is 18.8 Å². The summed E-state index contributed by atoms with van der Waals surface area (Å²) in [6.07, 6.45) is 7.20. The fourth-order valence-electron chi connectivity index (χ4n) is 7.68.